The Morgan fingerprint density at radius 2 is 2.06 bits per heavy atom. The van der Waals surface area contributed by atoms with E-state index in [1.165, 1.54) is 11.8 Å². The summed E-state index contributed by atoms with van der Waals surface area (Å²) in [7, 11) is 0. The molecule has 1 aliphatic rings. The lowest BCUT2D eigenvalue weighted by atomic mass is 10.1. The highest BCUT2D eigenvalue weighted by Gasteiger charge is 2.28. The molecule has 0 saturated carbocycles. The average molecular weight is 246 g/mol. The summed E-state index contributed by atoms with van der Waals surface area (Å²) in [5, 5.41) is 3.13. The fraction of sp³-hybridized carbons (Fsp3) is 0.429. The smallest absolute Gasteiger partial charge is 0.246 e. The van der Waals surface area contributed by atoms with Crippen LogP contribution in [-0.2, 0) is 16.1 Å². The summed E-state index contributed by atoms with van der Waals surface area (Å²) in [5.74, 6) is -0.304. The highest BCUT2D eigenvalue weighted by atomic mass is 16.2. The second kappa shape index (κ2) is 5.78. The van der Waals surface area contributed by atoms with Crippen molar-refractivity contribution in [2.24, 2.45) is 0 Å². The number of carbonyl (C=O) groups is 2. The van der Waals surface area contributed by atoms with Crippen LogP contribution >= 0.6 is 0 Å². The van der Waals surface area contributed by atoms with Crippen LogP contribution in [0, 0.1) is 0 Å². The second-order valence-corrected chi connectivity index (χ2v) is 4.58. The van der Waals surface area contributed by atoms with Crippen molar-refractivity contribution in [3.63, 3.8) is 0 Å². The fourth-order valence-corrected chi connectivity index (χ4v) is 2.19. The molecular weight excluding hydrogens is 228 g/mol. The van der Waals surface area contributed by atoms with Crippen LogP contribution in [0.2, 0.25) is 0 Å². The van der Waals surface area contributed by atoms with Gasteiger partial charge in [0.05, 0.1) is 12.6 Å². The summed E-state index contributed by atoms with van der Waals surface area (Å²) in [6, 6.07) is 9.38. The summed E-state index contributed by atoms with van der Waals surface area (Å²) in [6.07, 6.45) is 1.81. The van der Waals surface area contributed by atoms with E-state index in [9.17, 15) is 9.59 Å². The molecule has 0 unspecified atom stereocenters. The molecule has 1 fully saturated rings. The lowest BCUT2D eigenvalue weighted by Crippen LogP contribution is -2.45. The van der Waals surface area contributed by atoms with Crippen molar-refractivity contribution in [3.05, 3.63) is 35.9 Å². The Kier molecular flexibility index (Phi) is 4.10. The molecule has 2 rings (SSSR count). The monoisotopic (exact) mass is 246 g/mol. The molecule has 1 aliphatic heterocycles. The van der Waals surface area contributed by atoms with Gasteiger partial charge in [0.25, 0.3) is 0 Å². The summed E-state index contributed by atoms with van der Waals surface area (Å²) in [5.41, 5.74) is 0.971. The molecule has 0 bridgehead atoms. The summed E-state index contributed by atoms with van der Waals surface area (Å²) in [4.78, 5) is 25.2. The third-order valence-electron chi connectivity index (χ3n) is 3.19. The predicted molar refractivity (Wildman–Crippen MR) is 68.7 cm³/mol. The van der Waals surface area contributed by atoms with E-state index < -0.39 is 0 Å². The zero-order valence-electron chi connectivity index (χ0n) is 10.6. The second-order valence-electron chi connectivity index (χ2n) is 4.58. The topological polar surface area (TPSA) is 49.4 Å². The van der Waals surface area contributed by atoms with Crippen molar-refractivity contribution in [2.45, 2.75) is 32.4 Å². The van der Waals surface area contributed by atoms with E-state index >= 15 is 0 Å². The number of hydrogen-bond donors (Lipinski definition) is 1. The van der Waals surface area contributed by atoms with Crippen LogP contribution in [0.3, 0.4) is 0 Å². The Morgan fingerprint density at radius 1 is 1.33 bits per heavy atom. The highest BCUT2D eigenvalue weighted by Crippen LogP contribution is 2.12. The molecule has 1 atom stereocenters. The molecule has 18 heavy (non-hydrogen) atoms. The minimum absolute atomic E-state index is 0.108. The van der Waals surface area contributed by atoms with Crippen molar-refractivity contribution >= 4 is 11.8 Å². The van der Waals surface area contributed by atoms with E-state index in [4.69, 9.17) is 0 Å². The zero-order valence-corrected chi connectivity index (χ0v) is 10.6. The minimum Gasteiger partial charge on any atom is -0.306 e. The van der Waals surface area contributed by atoms with Gasteiger partial charge in [-0.3, -0.25) is 14.5 Å². The fourth-order valence-electron chi connectivity index (χ4n) is 2.19. The van der Waals surface area contributed by atoms with Gasteiger partial charge in [0.1, 0.15) is 0 Å². The van der Waals surface area contributed by atoms with Crippen LogP contribution in [0.5, 0.6) is 0 Å². The standard InChI is InChI=1S/C14H18N2O2/c1-11(17)16(10-12-6-3-2-4-7-12)14(18)13-8-5-9-15-13/h2-4,6-7,13,15H,5,8-10H2,1H3/t13-/m0/s1. The molecular formula is C14H18N2O2. The molecule has 0 aliphatic carbocycles. The van der Waals surface area contributed by atoms with Gasteiger partial charge in [0.15, 0.2) is 0 Å². The van der Waals surface area contributed by atoms with Gasteiger partial charge in [-0.25, -0.2) is 0 Å². The molecule has 1 saturated heterocycles. The summed E-state index contributed by atoms with van der Waals surface area (Å²) >= 11 is 0. The maximum atomic E-state index is 12.2. The van der Waals surface area contributed by atoms with E-state index in [1.54, 1.807) is 0 Å². The van der Waals surface area contributed by atoms with E-state index in [0.29, 0.717) is 6.54 Å². The lowest BCUT2D eigenvalue weighted by Gasteiger charge is -2.22. The molecule has 1 aromatic carbocycles. The predicted octanol–water partition coefficient (Wildman–Crippen LogP) is 1.31. The van der Waals surface area contributed by atoms with Crippen molar-refractivity contribution < 1.29 is 9.59 Å². The largest absolute Gasteiger partial charge is 0.306 e. The first-order valence-corrected chi connectivity index (χ1v) is 6.28. The van der Waals surface area contributed by atoms with Crippen molar-refractivity contribution in [1.82, 2.24) is 10.2 Å². The van der Waals surface area contributed by atoms with Gasteiger partial charge in [0.2, 0.25) is 11.8 Å². The Morgan fingerprint density at radius 3 is 2.61 bits per heavy atom. The summed E-state index contributed by atoms with van der Waals surface area (Å²) in [6.45, 7) is 2.65. The van der Waals surface area contributed by atoms with Crippen LogP contribution in [0.4, 0.5) is 0 Å². The van der Waals surface area contributed by atoms with E-state index in [1.807, 2.05) is 30.3 Å². The van der Waals surface area contributed by atoms with Crippen molar-refractivity contribution in [1.29, 1.82) is 0 Å². The zero-order chi connectivity index (χ0) is 13.0. The third kappa shape index (κ3) is 2.96. The van der Waals surface area contributed by atoms with Gasteiger partial charge in [-0.2, -0.15) is 0 Å². The number of benzene rings is 1. The Bertz CT molecular complexity index is 425. The Hall–Kier alpha value is -1.68. The molecule has 4 heteroatoms. The maximum absolute atomic E-state index is 12.2. The van der Waals surface area contributed by atoms with Crippen molar-refractivity contribution in [3.8, 4) is 0 Å². The van der Waals surface area contributed by atoms with Crippen LogP contribution in [0.15, 0.2) is 30.3 Å². The highest BCUT2D eigenvalue weighted by molar-refractivity contribution is 5.96. The number of nitrogens with one attached hydrogen (secondary N) is 1. The molecule has 1 aromatic rings. The van der Waals surface area contributed by atoms with Gasteiger partial charge in [-0.1, -0.05) is 30.3 Å². The molecule has 1 heterocycles. The quantitative estimate of drug-likeness (QED) is 0.875. The molecule has 0 spiro atoms. The molecule has 1 N–H and O–H groups in total. The Balaban J connectivity index is 2.08. The number of carbonyl (C=O) groups excluding carboxylic acids is 2. The Labute approximate surface area is 107 Å². The van der Waals surface area contributed by atoms with E-state index in [-0.39, 0.29) is 17.9 Å². The number of amides is 2. The first-order chi connectivity index (χ1) is 8.68. The van der Waals surface area contributed by atoms with Crippen LogP contribution in [0.1, 0.15) is 25.3 Å². The number of imide groups is 1. The third-order valence-corrected chi connectivity index (χ3v) is 3.19. The van der Waals surface area contributed by atoms with Gasteiger partial charge >= 0.3 is 0 Å². The van der Waals surface area contributed by atoms with Crippen LogP contribution < -0.4 is 5.32 Å². The lowest BCUT2D eigenvalue weighted by molar-refractivity contribution is -0.145. The summed E-state index contributed by atoms with van der Waals surface area (Å²) < 4.78 is 0. The molecule has 0 aromatic heterocycles. The minimum atomic E-state index is -0.197. The number of rotatable bonds is 3. The first-order valence-electron chi connectivity index (χ1n) is 6.28. The van der Waals surface area contributed by atoms with Gasteiger partial charge in [-0.15, -0.1) is 0 Å². The average Bonchev–Trinajstić information content (AvgIpc) is 2.90. The van der Waals surface area contributed by atoms with Crippen LogP contribution in [-0.4, -0.2) is 29.3 Å². The molecule has 2 amide bonds. The first kappa shape index (κ1) is 12.8. The van der Waals surface area contributed by atoms with E-state index in [0.717, 1.165) is 24.9 Å². The SMILES string of the molecule is CC(=O)N(Cc1ccccc1)C(=O)[C@@H]1CCCN1. The molecule has 96 valence electrons. The maximum Gasteiger partial charge on any atom is 0.246 e. The van der Waals surface area contributed by atoms with Gasteiger partial charge < -0.3 is 5.32 Å². The van der Waals surface area contributed by atoms with Crippen molar-refractivity contribution in [2.75, 3.05) is 6.54 Å². The number of nitrogens with zero attached hydrogens (tertiary/aromatic N) is 1. The number of hydrogen-bond acceptors (Lipinski definition) is 3. The van der Waals surface area contributed by atoms with Gasteiger partial charge in [-0.05, 0) is 24.9 Å². The molecule has 0 radical (unpaired) electrons. The normalized spacial score (nSPS) is 18.6. The van der Waals surface area contributed by atoms with Gasteiger partial charge in [0, 0.05) is 6.92 Å². The van der Waals surface area contributed by atoms with E-state index in [2.05, 4.69) is 5.32 Å². The van der Waals surface area contributed by atoms with Crippen LogP contribution in [0.25, 0.3) is 0 Å². The molecule has 4 nitrogen and oxygen atoms in total.